The summed E-state index contributed by atoms with van der Waals surface area (Å²) in [6.07, 6.45) is 0.728. The molecule has 7 heteroatoms. The molecule has 0 aliphatic rings. The number of anilines is 2. The Kier molecular flexibility index (Phi) is 8.80. The van der Waals surface area contributed by atoms with Gasteiger partial charge in [-0.3, -0.25) is 14.4 Å². The zero-order chi connectivity index (χ0) is 24.3. The number of ether oxygens (including phenoxy) is 2. The summed E-state index contributed by atoms with van der Waals surface area (Å²) >= 11 is 0. The summed E-state index contributed by atoms with van der Waals surface area (Å²) in [5, 5.41) is 5.39. The molecule has 0 aliphatic heterocycles. The van der Waals surface area contributed by atoms with Crippen molar-refractivity contribution in [3.8, 4) is 11.5 Å². The summed E-state index contributed by atoms with van der Waals surface area (Å²) in [5.41, 5.74) is 3.40. The monoisotopic (exact) mass is 460 g/mol. The second kappa shape index (κ2) is 12.2. The second-order valence-corrected chi connectivity index (χ2v) is 7.70. The van der Waals surface area contributed by atoms with Crippen molar-refractivity contribution in [2.24, 2.45) is 0 Å². The van der Waals surface area contributed by atoms with Crippen molar-refractivity contribution >= 4 is 29.2 Å². The van der Waals surface area contributed by atoms with Gasteiger partial charge in [-0.05, 0) is 66.9 Å². The molecule has 0 saturated heterocycles. The summed E-state index contributed by atoms with van der Waals surface area (Å²) < 4.78 is 10.8. The molecule has 0 radical (unpaired) electrons. The van der Waals surface area contributed by atoms with Crippen LogP contribution in [0.5, 0.6) is 11.5 Å². The van der Waals surface area contributed by atoms with Gasteiger partial charge in [0.25, 0.3) is 5.91 Å². The highest BCUT2D eigenvalue weighted by Gasteiger charge is 2.11. The Bertz CT molecular complexity index is 1120. The molecule has 3 aromatic rings. The van der Waals surface area contributed by atoms with Gasteiger partial charge in [0.1, 0.15) is 11.5 Å². The number of amides is 2. The van der Waals surface area contributed by atoms with Crippen LogP contribution in [0.1, 0.15) is 30.9 Å². The average Bonchev–Trinajstić information content (AvgIpc) is 2.84. The first-order valence-electron chi connectivity index (χ1n) is 11.1. The third-order valence-corrected chi connectivity index (χ3v) is 5.03. The van der Waals surface area contributed by atoms with Gasteiger partial charge in [0.15, 0.2) is 6.61 Å². The van der Waals surface area contributed by atoms with E-state index in [2.05, 4.69) is 10.6 Å². The van der Waals surface area contributed by atoms with Crippen LogP contribution in [-0.2, 0) is 25.5 Å². The number of hydrogen-bond acceptors (Lipinski definition) is 5. The van der Waals surface area contributed by atoms with Crippen molar-refractivity contribution in [3.63, 3.8) is 0 Å². The summed E-state index contributed by atoms with van der Waals surface area (Å²) in [4.78, 5) is 36.0. The van der Waals surface area contributed by atoms with Crippen molar-refractivity contribution < 1.29 is 23.9 Å². The summed E-state index contributed by atoms with van der Waals surface area (Å²) in [6.45, 7) is 3.61. The summed E-state index contributed by atoms with van der Waals surface area (Å²) in [7, 11) is 0. The molecule has 0 unspecified atom stereocenters. The molecule has 7 nitrogen and oxygen atoms in total. The van der Waals surface area contributed by atoms with Gasteiger partial charge in [0.05, 0.1) is 6.42 Å². The summed E-state index contributed by atoms with van der Waals surface area (Å²) in [6, 6.07) is 22.1. The molecule has 34 heavy (non-hydrogen) atoms. The van der Waals surface area contributed by atoms with E-state index >= 15 is 0 Å². The van der Waals surface area contributed by atoms with Crippen LogP contribution in [0.3, 0.4) is 0 Å². The molecular weight excluding hydrogens is 432 g/mol. The zero-order valence-electron chi connectivity index (χ0n) is 19.3. The largest absolute Gasteiger partial charge is 0.457 e. The van der Waals surface area contributed by atoms with Crippen molar-refractivity contribution in [1.29, 1.82) is 0 Å². The minimum absolute atomic E-state index is 0.0552. The standard InChI is InChI=1S/C27H28N2O5/c1-3-20-8-10-21(11-9-20)29-26(31)18-33-27(32)17-16-25(30)28-22-12-14-23(15-13-22)34-24-7-5-4-6-19(24)2/h4-15H,3,16-18H2,1-2H3,(H,28,30)(H,29,31). The van der Waals surface area contributed by atoms with Crippen LogP contribution in [0, 0.1) is 6.92 Å². The molecule has 2 amide bonds. The first-order chi connectivity index (χ1) is 16.4. The Hall–Kier alpha value is -4.13. The molecule has 3 aromatic carbocycles. The van der Waals surface area contributed by atoms with Crippen LogP contribution < -0.4 is 15.4 Å². The number of rotatable bonds is 10. The van der Waals surface area contributed by atoms with Crippen molar-refractivity contribution in [2.45, 2.75) is 33.1 Å². The molecule has 0 bridgehead atoms. The Morgan fingerprint density at radius 1 is 0.765 bits per heavy atom. The van der Waals surface area contributed by atoms with Gasteiger partial charge in [-0.15, -0.1) is 0 Å². The Morgan fingerprint density at radius 3 is 2.03 bits per heavy atom. The summed E-state index contributed by atoms with van der Waals surface area (Å²) in [5.74, 6) is 0.0324. The lowest BCUT2D eigenvalue weighted by molar-refractivity contribution is -0.147. The van der Waals surface area contributed by atoms with Crippen LogP contribution in [-0.4, -0.2) is 24.4 Å². The van der Waals surface area contributed by atoms with E-state index in [-0.39, 0.29) is 18.7 Å². The number of carbonyl (C=O) groups is 3. The quantitative estimate of drug-likeness (QED) is 0.403. The topological polar surface area (TPSA) is 93.7 Å². The van der Waals surface area contributed by atoms with Crippen molar-refractivity contribution in [3.05, 3.63) is 83.9 Å². The van der Waals surface area contributed by atoms with Crippen molar-refractivity contribution in [2.75, 3.05) is 17.2 Å². The minimum atomic E-state index is -0.617. The van der Waals surface area contributed by atoms with Gasteiger partial charge in [0.2, 0.25) is 5.91 Å². The molecule has 0 aliphatic carbocycles. The Labute approximate surface area is 199 Å². The van der Waals surface area contributed by atoms with Gasteiger partial charge >= 0.3 is 5.97 Å². The lowest BCUT2D eigenvalue weighted by atomic mass is 10.1. The maximum absolute atomic E-state index is 12.1. The van der Waals surface area contributed by atoms with E-state index in [1.54, 1.807) is 36.4 Å². The fraction of sp³-hybridized carbons (Fsp3) is 0.222. The number of benzene rings is 3. The molecule has 0 aromatic heterocycles. The third kappa shape index (κ3) is 7.78. The second-order valence-electron chi connectivity index (χ2n) is 7.70. The predicted molar refractivity (Wildman–Crippen MR) is 131 cm³/mol. The van der Waals surface area contributed by atoms with E-state index in [0.29, 0.717) is 17.1 Å². The highest BCUT2D eigenvalue weighted by Crippen LogP contribution is 2.25. The number of esters is 1. The minimum Gasteiger partial charge on any atom is -0.457 e. The Morgan fingerprint density at radius 2 is 1.38 bits per heavy atom. The molecule has 176 valence electrons. The van der Waals surface area contributed by atoms with Gasteiger partial charge in [-0.2, -0.15) is 0 Å². The zero-order valence-corrected chi connectivity index (χ0v) is 19.3. The fourth-order valence-electron chi connectivity index (χ4n) is 3.08. The van der Waals surface area contributed by atoms with Gasteiger partial charge in [0, 0.05) is 17.8 Å². The molecular formula is C27H28N2O5. The molecule has 3 rings (SSSR count). The molecule has 0 saturated carbocycles. The number of nitrogens with one attached hydrogen (secondary N) is 2. The van der Waals surface area contributed by atoms with Crippen molar-refractivity contribution in [1.82, 2.24) is 0 Å². The maximum Gasteiger partial charge on any atom is 0.306 e. The molecule has 0 heterocycles. The van der Waals surface area contributed by atoms with Gasteiger partial charge in [-0.1, -0.05) is 37.3 Å². The predicted octanol–water partition coefficient (Wildman–Crippen LogP) is 5.25. The lowest BCUT2D eigenvalue weighted by Gasteiger charge is -2.10. The first-order valence-corrected chi connectivity index (χ1v) is 11.1. The molecule has 2 N–H and O–H groups in total. The number of hydrogen-bond donors (Lipinski definition) is 2. The average molecular weight is 461 g/mol. The lowest BCUT2D eigenvalue weighted by Crippen LogP contribution is -2.21. The number of para-hydroxylation sites is 1. The van der Waals surface area contributed by atoms with E-state index in [1.165, 1.54) is 0 Å². The van der Waals surface area contributed by atoms with E-state index < -0.39 is 18.5 Å². The molecule has 0 spiro atoms. The van der Waals surface area contributed by atoms with Crippen LogP contribution in [0.15, 0.2) is 72.8 Å². The van der Waals surface area contributed by atoms with Gasteiger partial charge < -0.3 is 20.1 Å². The molecule has 0 atom stereocenters. The van der Waals surface area contributed by atoms with E-state index in [9.17, 15) is 14.4 Å². The number of carbonyl (C=O) groups excluding carboxylic acids is 3. The SMILES string of the molecule is CCc1ccc(NC(=O)COC(=O)CCC(=O)Nc2ccc(Oc3ccccc3C)cc2)cc1. The first kappa shape index (κ1) is 24.5. The fourth-order valence-corrected chi connectivity index (χ4v) is 3.08. The normalized spacial score (nSPS) is 10.3. The van der Waals surface area contributed by atoms with Crippen LogP contribution in [0.4, 0.5) is 11.4 Å². The third-order valence-electron chi connectivity index (χ3n) is 5.03. The van der Waals surface area contributed by atoms with Crippen LogP contribution >= 0.6 is 0 Å². The van der Waals surface area contributed by atoms with Crippen LogP contribution in [0.25, 0.3) is 0 Å². The number of aryl methyl sites for hydroxylation is 2. The molecule has 0 fully saturated rings. The van der Waals surface area contributed by atoms with E-state index in [0.717, 1.165) is 23.3 Å². The smallest absolute Gasteiger partial charge is 0.306 e. The Balaban J connectivity index is 1.36. The van der Waals surface area contributed by atoms with E-state index in [1.807, 2.05) is 50.2 Å². The maximum atomic E-state index is 12.1. The van der Waals surface area contributed by atoms with E-state index in [4.69, 9.17) is 9.47 Å². The van der Waals surface area contributed by atoms with Crippen LogP contribution in [0.2, 0.25) is 0 Å². The highest BCUT2D eigenvalue weighted by atomic mass is 16.5. The highest BCUT2D eigenvalue weighted by molar-refractivity contribution is 5.94. The van der Waals surface area contributed by atoms with Gasteiger partial charge in [-0.25, -0.2) is 0 Å².